The van der Waals surface area contributed by atoms with Crippen LogP contribution in [0.5, 0.6) is 11.5 Å². The molecule has 1 atom stereocenters. The number of anilines is 2. The van der Waals surface area contributed by atoms with Gasteiger partial charge in [0.05, 0.1) is 33.6 Å². The van der Waals surface area contributed by atoms with Crippen LogP contribution in [-0.4, -0.2) is 40.5 Å². The highest BCUT2D eigenvalue weighted by atomic mass is 35.5. The van der Waals surface area contributed by atoms with Gasteiger partial charge in [0.15, 0.2) is 11.5 Å². The van der Waals surface area contributed by atoms with Crippen molar-refractivity contribution in [2.45, 2.75) is 6.04 Å². The predicted molar refractivity (Wildman–Crippen MR) is 138 cm³/mol. The summed E-state index contributed by atoms with van der Waals surface area (Å²) >= 11 is 15.6. The Labute approximate surface area is 209 Å². The van der Waals surface area contributed by atoms with Crippen molar-refractivity contribution < 1.29 is 9.47 Å². The monoisotopic (exact) mass is 516 g/mol. The first-order valence-corrected chi connectivity index (χ1v) is 12.6. The minimum Gasteiger partial charge on any atom is -0.493 e. The summed E-state index contributed by atoms with van der Waals surface area (Å²) in [4.78, 5) is 14.8. The van der Waals surface area contributed by atoms with E-state index in [1.165, 1.54) is 11.2 Å². The Morgan fingerprint density at radius 2 is 2.00 bits per heavy atom. The number of rotatable bonds is 7. The molecule has 0 aliphatic carbocycles. The molecule has 1 aliphatic heterocycles. The number of thioether (sulfide) groups is 1. The van der Waals surface area contributed by atoms with Crippen molar-refractivity contribution in [3.8, 4) is 11.5 Å². The molecule has 1 N–H and O–H groups in total. The summed E-state index contributed by atoms with van der Waals surface area (Å²) < 4.78 is 11.7. The van der Waals surface area contributed by atoms with E-state index < -0.39 is 0 Å². The van der Waals surface area contributed by atoms with Crippen molar-refractivity contribution in [1.82, 2.24) is 9.97 Å². The van der Waals surface area contributed by atoms with Gasteiger partial charge in [0, 0.05) is 22.9 Å². The maximum atomic E-state index is 6.14. The zero-order valence-corrected chi connectivity index (χ0v) is 20.6. The highest BCUT2D eigenvalue weighted by Gasteiger charge is 2.21. The van der Waals surface area contributed by atoms with Gasteiger partial charge in [-0.15, -0.1) is 23.1 Å². The van der Waals surface area contributed by atoms with Crippen LogP contribution in [-0.2, 0) is 0 Å². The quantitative estimate of drug-likeness (QED) is 0.295. The molecule has 0 spiro atoms. The third-order valence-electron chi connectivity index (χ3n) is 4.98. The number of fused-ring (bicyclic) bond motifs is 1. The SMILES string of the molecule is COc1cc2c(Nc3ccc(Cl)c(Cl)c3)ncnc2cc1OCC1CSC(c2cccs2)=N1. The first-order valence-electron chi connectivity index (χ1n) is 10.0. The van der Waals surface area contributed by atoms with Gasteiger partial charge in [-0.1, -0.05) is 29.3 Å². The number of benzene rings is 2. The fraction of sp³-hybridized carbons (Fsp3) is 0.174. The largest absolute Gasteiger partial charge is 0.493 e. The number of aromatic nitrogens is 2. The van der Waals surface area contributed by atoms with Gasteiger partial charge in [-0.2, -0.15) is 0 Å². The van der Waals surface area contributed by atoms with Crippen LogP contribution >= 0.6 is 46.3 Å². The van der Waals surface area contributed by atoms with Crippen LogP contribution in [0.2, 0.25) is 10.0 Å². The molecule has 2 aromatic carbocycles. The van der Waals surface area contributed by atoms with Crippen molar-refractivity contribution >= 4 is 73.8 Å². The van der Waals surface area contributed by atoms with Crippen LogP contribution in [0.3, 0.4) is 0 Å². The lowest BCUT2D eigenvalue weighted by atomic mass is 10.2. The number of methoxy groups -OCH3 is 1. The van der Waals surface area contributed by atoms with E-state index >= 15 is 0 Å². The van der Waals surface area contributed by atoms with Gasteiger partial charge in [0.1, 0.15) is 23.8 Å². The van der Waals surface area contributed by atoms with E-state index in [2.05, 4.69) is 26.7 Å². The van der Waals surface area contributed by atoms with Crippen molar-refractivity contribution in [1.29, 1.82) is 0 Å². The molecule has 3 heterocycles. The van der Waals surface area contributed by atoms with E-state index in [1.54, 1.807) is 42.3 Å². The fourth-order valence-corrected chi connectivity index (χ4v) is 5.56. The van der Waals surface area contributed by atoms with E-state index in [0.717, 1.165) is 27.4 Å². The molecule has 33 heavy (non-hydrogen) atoms. The van der Waals surface area contributed by atoms with E-state index in [0.29, 0.717) is 34.0 Å². The highest BCUT2D eigenvalue weighted by Crippen LogP contribution is 2.36. The van der Waals surface area contributed by atoms with Gasteiger partial charge in [-0.3, -0.25) is 4.99 Å². The molecule has 10 heteroatoms. The molecule has 0 bridgehead atoms. The summed E-state index contributed by atoms with van der Waals surface area (Å²) in [5.41, 5.74) is 1.49. The minimum atomic E-state index is 0.0878. The molecule has 1 aliphatic rings. The molecule has 0 saturated heterocycles. The normalized spacial score (nSPS) is 15.5. The van der Waals surface area contributed by atoms with Gasteiger partial charge in [-0.05, 0) is 35.7 Å². The van der Waals surface area contributed by atoms with Crippen molar-refractivity contribution in [2.75, 3.05) is 24.8 Å². The second-order valence-corrected chi connectivity index (χ2v) is 9.95. The van der Waals surface area contributed by atoms with Crippen molar-refractivity contribution in [3.63, 3.8) is 0 Å². The summed E-state index contributed by atoms with van der Waals surface area (Å²) in [6, 6.07) is 13.3. The van der Waals surface area contributed by atoms with Crippen LogP contribution in [0.25, 0.3) is 10.9 Å². The Hall–Kier alpha value is -2.52. The van der Waals surface area contributed by atoms with Crippen LogP contribution < -0.4 is 14.8 Å². The van der Waals surface area contributed by atoms with Crippen molar-refractivity contribution in [2.24, 2.45) is 4.99 Å². The fourth-order valence-electron chi connectivity index (χ4n) is 3.37. The van der Waals surface area contributed by atoms with Crippen molar-refractivity contribution in [3.05, 3.63) is 69.1 Å². The van der Waals surface area contributed by atoms with Gasteiger partial charge in [0.25, 0.3) is 0 Å². The van der Waals surface area contributed by atoms with E-state index in [-0.39, 0.29) is 6.04 Å². The average Bonchev–Trinajstić information content (AvgIpc) is 3.52. The van der Waals surface area contributed by atoms with Gasteiger partial charge < -0.3 is 14.8 Å². The summed E-state index contributed by atoms with van der Waals surface area (Å²) in [5, 5.41) is 8.16. The molecule has 0 saturated carbocycles. The summed E-state index contributed by atoms with van der Waals surface area (Å²) in [5.74, 6) is 2.74. The van der Waals surface area contributed by atoms with E-state index in [1.807, 2.05) is 24.3 Å². The topological polar surface area (TPSA) is 68.6 Å². The van der Waals surface area contributed by atoms with Crippen LogP contribution in [0, 0.1) is 0 Å². The second kappa shape index (κ2) is 9.77. The van der Waals surface area contributed by atoms with E-state index in [9.17, 15) is 0 Å². The standard InChI is InChI=1S/C23H18Cl2N4O2S2/c1-30-19-8-15-18(26-12-27-22(15)28-13-4-5-16(24)17(25)7-13)9-20(19)31-10-14-11-33-23(29-14)21-3-2-6-32-21/h2-9,12,14H,10-11H2,1H3,(H,26,27,28). The zero-order valence-electron chi connectivity index (χ0n) is 17.4. The Morgan fingerprint density at radius 3 is 2.79 bits per heavy atom. The second-order valence-electron chi connectivity index (χ2n) is 7.18. The molecule has 2 aromatic heterocycles. The lowest BCUT2D eigenvalue weighted by Crippen LogP contribution is -2.16. The molecular weight excluding hydrogens is 499 g/mol. The van der Waals surface area contributed by atoms with Crippen LogP contribution in [0.4, 0.5) is 11.5 Å². The smallest absolute Gasteiger partial charge is 0.163 e. The molecule has 5 rings (SSSR count). The first kappa shape index (κ1) is 22.3. The molecule has 0 amide bonds. The predicted octanol–water partition coefficient (Wildman–Crippen LogP) is 6.69. The van der Waals surface area contributed by atoms with Gasteiger partial charge >= 0.3 is 0 Å². The van der Waals surface area contributed by atoms with Crippen LogP contribution in [0.15, 0.2) is 59.2 Å². The molecule has 0 fully saturated rings. The number of ether oxygens (including phenoxy) is 2. The Morgan fingerprint density at radius 1 is 1.09 bits per heavy atom. The lowest BCUT2D eigenvalue weighted by molar-refractivity contribution is 0.281. The average molecular weight is 517 g/mol. The number of hydrogen-bond acceptors (Lipinski definition) is 8. The summed E-state index contributed by atoms with van der Waals surface area (Å²) in [6.45, 7) is 0.462. The lowest BCUT2D eigenvalue weighted by Gasteiger charge is -2.15. The van der Waals surface area contributed by atoms with Gasteiger partial charge in [-0.25, -0.2) is 9.97 Å². The maximum absolute atomic E-state index is 6.14. The number of thiophene rings is 1. The third kappa shape index (κ3) is 4.89. The third-order valence-corrected chi connectivity index (χ3v) is 7.87. The first-order chi connectivity index (χ1) is 16.1. The molecule has 4 aromatic rings. The maximum Gasteiger partial charge on any atom is 0.163 e. The highest BCUT2D eigenvalue weighted by molar-refractivity contribution is 8.15. The number of aliphatic imine (C=N–C) groups is 1. The molecule has 1 unspecified atom stereocenters. The number of nitrogens with one attached hydrogen (secondary N) is 1. The molecular formula is C23H18Cl2N4O2S2. The number of halogens is 2. The minimum absolute atomic E-state index is 0.0878. The zero-order chi connectivity index (χ0) is 22.8. The van der Waals surface area contributed by atoms with E-state index in [4.69, 9.17) is 37.7 Å². The Balaban J connectivity index is 1.37. The number of nitrogens with zero attached hydrogens (tertiary/aromatic N) is 3. The Kier molecular flexibility index (Phi) is 6.59. The summed E-state index contributed by atoms with van der Waals surface area (Å²) in [7, 11) is 1.61. The summed E-state index contributed by atoms with van der Waals surface area (Å²) in [6.07, 6.45) is 1.50. The molecule has 168 valence electrons. The van der Waals surface area contributed by atoms with Crippen LogP contribution in [0.1, 0.15) is 4.88 Å². The molecule has 6 nitrogen and oxygen atoms in total. The number of hydrogen-bond donors (Lipinski definition) is 1. The van der Waals surface area contributed by atoms with Gasteiger partial charge in [0.2, 0.25) is 0 Å². The Bertz CT molecular complexity index is 1330. The molecule has 0 radical (unpaired) electrons.